The first-order valence-electron chi connectivity index (χ1n) is 13.5. The fourth-order valence-electron chi connectivity index (χ4n) is 8.62. The van der Waals surface area contributed by atoms with Crippen molar-refractivity contribution in [3.63, 3.8) is 0 Å². The number of aliphatic hydroxyl groups excluding tert-OH is 1. The molecule has 3 heteroatoms. The maximum absolute atomic E-state index is 10.7. The van der Waals surface area contributed by atoms with Crippen LogP contribution in [0.25, 0.3) is 0 Å². The molecule has 0 aromatic carbocycles. The molecule has 0 aliphatic heterocycles. The molecule has 2 N–H and O–H groups in total. The van der Waals surface area contributed by atoms with Crippen molar-refractivity contribution in [2.45, 2.75) is 117 Å². The second-order valence-corrected chi connectivity index (χ2v) is 13.1. The van der Waals surface area contributed by atoms with Crippen molar-refractivity contribution >= 4 is 0 Å². The lowest BCUT2D eigenvalue weighted by atomic mass is 9.49. The molecular formula is C29H47NO2. The molecule has 0 spiro atoms. The second-order valence-electron chi connectivity index (χ2n) is 13.1. The van der Waals surface area contributed by atoms with Gasteiger partial charge >= 0.3 is 0 Å². The fraction of sp³-hybridized carbons (Fsp3) is 0.897. The van der Waals surface area contributed by atoms with Gasteiger partial charge in [-0.1, -0.05) is 31.9 Å². The third-order valence-electron chi connectivity index (χ3n) is 10.8. The zero-order valence-electron chi connectivity index (χ0n) is 21.2. The Bertz CT molecular complexity index is 762. The Morgan fingerprint density at radius 1 is 1.09 bits per heavy atom. The first-order chi connectivity index (χ1) is 15.0. The number of hydrogen-bond acceptors (Lipinski definition) is 3. The second kappa shape index (κ2) is 8.74. The van der Waals surface area contributed by atoms with Gasteiger partial charge in [-0.15, -0.1) is 0 Å². The Kier molecular flexibility index (Phi) is 6.63. The minimum Gasteiger partial charge on any atom is -0.391 e. The van der Waals surface area contributed by atoms with Crippen molar-refractivity contribution in [2.24, 2.45) is 46.3 Å². The number of aliphatic hydroxyl groups is 2. The first kappa shape index (κ1) is 24.3. The van der Waals surface area contributed by atoms with E-state index in [4.69, 9.17) is 0 Å². The van der Waals surface area contributed by atoms with Gasteiger partial charge in [0.2, 0.25) is 0 Å². The molecule has 0 amide bonds. The fourth-order valence-corrected chi connectivity index (χ4v) is 8.62. The van der Waals surface area contributed by atoms with Crippen LogP contribution in [-0.4, -0.2) is 21.9 Å². The molecule has 4 aliphatic rings. The van der Waals surface area contributed by atoms with Crippen LogP contribution in [0.4, 0.5) is 0 Å². The van der Waals surface area contributed by atoms with Crippen LogP contribution in [-0.2, 0) is 0 Å². The van der Waals surface area contributed by atoms with Crippen molar-refractivity contribution in [3.05, 3.63) is 11.6 Å². The topological polar surface area (TPSA) is 64.2 Å². The van der Waals surface area contributed by atoms with Crippen LogP contribution in [0.2, 0.25) is 0 Å². The molecule has 3 nitrogen and oxygen atoms in total. The summed E-state index contributed by atoms with van der Waals surface area (Å²) in [6.07, 6.45) is 14.7. The molecule has 4 rings (SSSR count). The van der Waals surface area contributed by atoms with E-state index in [0.717, 1.165) is 61.7 Å². The van der Waals surface area contributed by atoms with E-state index in [1.54, 1.807) is 5.57 Å². The number of rotatable bonds is 6. The van der Waals surface area contributed by atoms with E-state index in [9.17, 15) is 15.5 Å². The third-order valence-corrected chi connectivity index (χ3v) is 10.8. The number of nitrogens with zero attached hydrogens (tertiary/aromatic N) is 1. The molecule has 0 heterocycles. The Labute approximate surface area is 196 Å². The summed E-state index contributed by atoms with van der Waals surface area (Å²) < 4.78 is 0. The SMILES string of the molecule is CC[C@H](CC[C@H](O)C(C)(C)C#N)[C@H]1CCC2C3CC=C4C[C@@](C)(O)CC[C@]4(C)C3CC[C@@H]21. The largest absolute Gasteiger partial charge is 0.391 e. The zero-order chi connectivity index (χ0) is 23.3. The highest BCUT2D eigenvalue weighted by molar-refractivity contribution is 5.26. The average Bonchev–Trinajstić information content (AvgIpc) is 3.18. The maximum Gasteiger partial charge on any atom is 0.0776 e. The molecule has 32 heavy (non-hydrogen) atoms. The molecule has 3 fully saturated rings. The van der Waals surface area contributed by atoms with Crippen molar-refractivity contribution in [1.82, 2.24) is 0 Å². The van der Waals surface area contributed by atoms with Crippen LogP contribution in [0.1, 0.15) is 105 Å². The zero-order valence-corrected chi connectivity index (χ0v) is 21.2. The highest BCUT2D eigenvalue weighted by Gasteiger charge is 2.55. The van der Waals surface area contributed by atoms with Crippen molar-refractivity contribution in [3.8, 4) is 6.07 Å². The van der Waals surface area contributed by atoms with Crippen LogP contribution in [0.5, 0.6) is 0 Å². The summed E-state index contributed by atoms with van der Waals surface area (Å²) in [4.78, 5) is 0. The van der Waals surface area contributed by atoms with Gasteiger partial charge in [0.25, 0.3) is 0 Å². The van der Waals surface area contributed by atoms with Gasteiger partial charge in [-0.3, -0.25) is 0 Å². The minimum atomic E-state index is -0.652. The van der Waals surface area contributed by atoms with Gasteiger partial charge < -0.3 is 10.2 Å². The van der Waals surface area contributed by atoms with E-state index >= 15 is 0 Å². The molecule has 0 bridgehead atoms. The predicted molar refractivity (Wildman–Crippen MR) is 130 cm³/mol. The van der Waals surface area contributed by atoms with Crippen molar-refractivity contribution in [2.75, 3.05) is 0 Å². The van der Waals surface area contributed by atoms with Gasteiger partial charge in [0.1, 0.15) is 0 Å². The van der Waals surface area contributed by atoms with E-state index in [0.29, 0.717) is 11.3 Å². The summed E-state index contributed by atoms with van der Waals surface area (Å²) in [7, 11) is 0. The van der Waals surface area contributed by atoms with E-state index < -0.39 is 17.1 Å². The number of hydrogen-bond donors (Lipinski definition) is 2. The maximum atomic E-state index is 10.7. The van der Waals surface area contributed by atoms with Gasteiger partial charge in [-0.25, -0.2) is 0 Å². The molecule has 9 atom stereocenters. The van der Waals surface area contributed by atoms with Crippen molar-refractivity contribution < 1.29 is 10.2 Å². The summed E-state index contributed by atoms with van der Waals surface area (Å²) in [5.74, 6) is 4.83. The smallest absolute Gasteiger partial charge is 0.0776 e. The summed E-state index contributed by atoms with van der Waals surface area (Å²) in [6, 6.07) is 2.29. The summed E-state index contributed by atoms with van der Waals surface area (Å²) in [5, 5.41) is 30.6. The van der Waals surface area contributed by atoms with Crippen LogP contribution in [0, 0.1) is 57.7 Å². The molecule has 4 aliphatic carbocycles. The normalized spacial score (nSPS) is 43.3. The molecule has 0 saturated heterocycles. The summed E-state index contributed by atoms with van der Waals surface area (Å²) in [5.41, 5.74) is 0.711. The number of fused-ring (bicyclic) bond motifs is 5. The highest BCUT2D eigenvalue weighted by Crippen LogP contribution is 2.63. The van der Waals surface area contributed by atoms with E-state index in [1.165, 1.54) is 38.5 Å². The number of allylic oxidation sites excluding steroid dienone is 1. The van der Waals surface area contributed by atoms with Gasteiger partial charge in [0.05, 0.1) is 23.2 Å². The molecule has 3 saturated carbocycles. The van der Waals surface area contributed by atoms with Gasteiger partial charge in [-0.2, -0.15) is 5.26 Å². The molecule has 0 aromatic rings. The Morgan fingerprint density at radius 2 is 1.81 bits per heavy atom. The quantitative estimate of drug-likeness (QED) is 0.454. The lowest BCUT2D eigenvalue weighted by Gasteiger charge is -2.56. The summed E-state index contributed by atoms with van der Waals surface area (Å²) >= 11 is 0. The van der Waals surface area contributed by atoms with Crippen LogP contribution >= 0.6 is 0 Å². The lowest BCUT2D eigenvalue weighted by Crippen LogP contribution is -2.49. The molecular weight excluding hydrogens is 394 g/mol. The van der Waals surface area contributed by atoms with Crippen molar-refractivity contribution in [1.29, 1.82) is 5.26 Å². The molecule has 0 radical (unpaired) electrons. The van der Waals surface area contributed by atoms with Gasteiger partial charge in [-0.05, 0) is 126 Å². The Balaban J connectivity index is 1.45. The first-order valence-corrected chi connectivity index (χ1v) is 13.5. The lowest BCUT2D eigenvalue weighted by molar-refractivity contribution is -0.0438. The number of nitriles is 1. The Hall–Kier alpha value is -0.850. The minimum absolute atomic E-state index is 0.311. The monoisotopic (exact) mass is 441 g/mol. The standard InChI is InChI=1S/C29H47NO2/c1-6-19(7-14-26(31)27(2,3)18-30)21-10-11-23-22(21)12-13-25-24(23)9-8-20-17-28(4,32)15-16-29(20,25)5/h8,19,21-26,31-32H,6-7,9-17H2,1-5H3/t19-,21-,22-,23?,24?,25?,26+,28+,29+/m1/s1. The van der Waals surface area contributed by atoms with Gasteiger partial charge in [0, 0.05) is 0 Å². The van der Waals surface area contributed by atoms with E-state index in [2.05, 4.69) is 26.0 Å². The van der Waals surface area contributed by atoms with Crippen LogP contribution in [0.15, 0.2) is 11.6 Å². The molecule has 0 aromatic heterocycles. The van der Waals surface area contributed by atoms with E-state index in [1.807, 2.05) is 20.8 Å². The van der Waals surface area contributed by atoms with Crippen LogP contribution in [0.3, 0.4) is 0 Å². The van der Waals surface area contributed by atoms with Crippen LogP contribution < -0.4 is 0 Å². The van der Waals surface area contributed by atoms with Gasteiger partial charge in [0.15, 0.2) is 0 Å². The third kappa shape index (κ3) is 4.20. The summed E-state index contributed by atoms with van der Waals surface area (Å²) in [6.45, 7) is 10.6. The molecule has 180 valence electrons. The predicted octanol–water partition coefficient (Wildman–Crippen LogP) is 6.64. The molecule has 3 unspecified atom stereocenters. The Morgan fingerprint density at radius 3 is 2.50 bits per heavy atom. The van der Waals surface area contributed by atoms with E-state index in [-0.39, 0.29) is 0 Å². The average molecular weight is 442 g/mol. The highest BCUT2D eigenvalue weighted by atomic mass is 16.3.